The Hall–Kier alpha value is -2.47. The first-order valence-electron chi connectivity index (χ1n) is 9.30. The third kappa shape index (κ3) is 2.98. The highest BCUT2D eigenvalue weighted by atomic mass is 19.1. The van der Waals surface area contributed by atoms with E-state index >= 15 is 0 Å². The quantitative estimate of drug-likeness (QED) is 0.688. The number of ether oxygens (including phenoxy) is 1. The van der Waals surface area contributed by atoms with Crippen molar-refractivity contribution in [2.24, 2.45) is 24.8 Å². The maximum absolute atomic E-state index is 13.7. The van der Waals surface area contributed by atoms with Crippen LogP contribution in [0.2, 0.25) is 0 Å². The fraction of sp³-hybridized carbons (Fsp3) is 0.381. The molecule has 27 heavy (non-hydrogen) atoms. The summed E-state index contributed by atoms with van der Waals surface area (Å²) in [6.45, 7) is 3.31. The van der Waals surface area contributed by atoms with Gasteiger partial charge in [-0.1, -0.05) is 12.1 Å². The third-order valence-electron chi connectivity index (χ3n) is 6.02. The number of rotatable bonds is 5. The van der Waals surface area contributed by atoms with Gasteiger partial charge in [0.25, 0.3) is 0 Å². The van der Waals surface area contributed by atoms with Crippen LogP contribution in [0.3, 0.4) is 0 Å². The van der Waals surface area contributed by atoms with Gasteiger partial charge in [0.05, 0.1) is 24.2 Å². The zero-order chi connectivity index (χ0) is 18.5. The van der Waals surface area contributed by atoms with Gasteiger partial charge < -0.3 is 9.30 Å². The highest BCUT2D eigenvalue weighted by molar-refractivity contribution is 5.75. The summed E-state index contributed by atoms with van der Waals surface area (Å²) >= 11 is 0. The third-order valence-corrected chi connectivity index (χ3v) is 6.02. The molecule has 0 bridgehead atoms. The largest absolute Gasteiger partial charge is 0.490 e. The second-order valence-electron chi connectivity index (χ2n) is 7.65. The van der Waals surface area contributed by atoms with Gasteiger partial charge in [-0.2, -0.15) is 0 Å². The number of aromatic nitrogens is 2. The average molecular weight is 369 g/mol. The maximum Gasteiger partial charge on any atom is 0.165 e. The Morgan fingerprint density at radius 1 is 1.11 bits per heavy atom. The number of piperidine rings is 1. The smallest absolute Gasteiger partial charge is 0.165 e. The van der Waals surface area contributed by atoms with Gasteiger partial charge in [0.15, 0.2) is 11.6 Å². The van der Waals surface area contributed by atoms with Crippen molar-refractivity contribution < 1.29 is 13.5 Å². The number of hydrogen-bond donors (Lipinski definition) is 0. The van der Waals surface area contributed by atoms with Gasteiger partial charge in [0, 0.05) is 32.1 Å². The van der Waals surface area contributed by atoms with Crippen molar-refractivity contribution in [2.75, 3.05) is 19.7 Å². The molecule has 1 unspecified atom stereocenters. The van der Waals surface area contributed by atoms with Crippen LogP contribution < -0.4 is 4.74 Å². The van der Waals surface area contributed by atoms with Crippen LogP contribution in [-0.2, 0) is 13.6 Å². The molecule has 4 nitrogen and oxygen atoms in total. The lowest BCUT2D eigenvalue weighted by molar-refractivity contribution is 0.221. The van der Waals surface area contributed by atoms with Gasteiger partial charge in [0.2, 0.25) is 0 Å². The highest BCUT2D eigenvalue weighted by Gasteiger charge is 2.55. The van der Waals surface area contributed by atoms with Crippen LogP contribution in [0.1, 0.15) is 5.82 Å². The lowest BCUT2D eigenvalue weighted by atomic mass is 10.2. The van der Waals surface area contributed by atoms with Crippen molar-refractivity contribution in [3.8, 4) is 5.75 Å². The zero-order valence-corrected chi connectivity index (χ0v) is 15.1. The number of halogens is 2. The van der Waals surface area contributed by atoms with Crippen molar-refractivity contribution in [3.63, 3.8) is 0 Å². The first kappa shape index (κ1) is 16.7. The number of imidazole rings is 1. The fourth-order valence-electron chi connectivity index (χ4n) is 4.42. The van der Waals surface area contributed by atoms with Crippen molar-refractivity contribution in [2.45, 2.75) is 6.54 Å². The van der Waals surface area contributed by atoms with E-state index in [0.29, 0.717) is 24.4 Å². The van der Waals surface area contributed by atoms with Gasteiger partial charge >= 0.3 is 0 Å². The molecule has 1 aromatic heterocycles. The molecule has 0 radical (unpaired) electrons. The Labute approximate surface area is 156 Å². The van der Waals surface area contributed by atoms with E-state index in [1.165, 1.54) is 0 Å². The SMILES string of the molecule is Cn1c(CN2C[C@@H]3C(COc4cc(F)ccc4F)[C@@H]3C2)nc2ccccc21. The summed E-state index contributed by atoms with van der Waals surface area (Å²) < 4.78 is 34.6. The molecule has 5 rings (SSSR count). The molecule has 2 fully saturated rings. The van der Waals surface area contributed by atoms with Gasteiger partial charge in [-0.25, -0.2) is 13.8 Å². The van der Waals surface area contributed by atoms with Gasteiger partial charge in [-0.3, -0.25) is 4.90 Å². The van der Waals surface area contributed by atoms with Crippen LogP contribution in [0.15, 0.2) is 42.5 Å². The van der Waals surface area contributed by atoms with E-state index in [1.807, 2.05) is 18.2 Å². The number of fused-ring (bicyclic) bond motifs is 2. The van der Waals surface area contributed by atoms with Crippen LogP contribution in [-0.4, -0.2) is 34.1 Å². The molecule has 3 aromatic rings. The Bertz CT molecular complexity index is 990. The van der Waals surface area contributed by atoms with E-state index in [9.17, 15) is 8.78 Å². The van der Waals surface area contributed by atoms with E-state index in [2.05, 4.69) is 22.6 Å². The molecule has 2 aromatic carbocycles. The van der Waals surface area contributed by atoms with Crippen LogP contribution in [0, 0.1) is 29.4 Å². The lowest BCUT2D eigenvalue weighted by Crippen LogP contribution is -2.26. The summed E-state index contributed by atoms with van der Waals surface area (Å²) in [6, 6.07) is 11.5. The minimum atomic E-state index is -0.509. The first-order valence-corrected chi connectivity index (χ1v) is 9.30. The summed E-state index contributed by atoms with van der Waals surface area (Å²) in [7, 11) is 2.06. The summed E-state index contributed by atoms with van der Waals surface area (Å²) in [4.78, 5) is 7.17. The molecule has 6 heteroatoms. The van der Waals surface area contributed by atoms with Crippen LogP contribution in [0.4, 0.5) is 8.78 Å². The molecule has 0 N–H and O–H groups in total. The number of nitrogens with zero attached hydrogens (tertiary/aromatic N) is 3. The number of aryl methyl sites for hydroxylation is 1. The van der Waals surface area contributed by atoms with Gasteiger partial charge in [-0.15, -0.1) is 0 Å². The predicted octanol–water partition coefficient (Wildman–Crippen LogP) is 3.61. The average Bonchev–Trinajstić information content (AvgIpc) is 2.98. The van der Waals surface area contributed by atoms with E-state index in [4.69, 9.17) is 9.72 Å². The topological polar surface area (TPSA) is 30.3 Å². The van der Waals surface area contributed by atoms with E-state index < -0.39 is 11.6 Å². The second kappa shape index (κ2) is 6.30. The minimum Gasteiger partial charge on any atom is -0.490 e. The molecule has 2 heterocycles. The molecule has 1 aliphatic carbocycles. The van der Waals surface area contributed by atoms with Crippen LogP contribution in [0.25, 0.3) is 11.0 Å². The Morgan fingerprint density at radius 2 is 1.89 bits per heavy atom. The summed E-state index contributed by atoms with van der Waals surface area (Å²) in [5, 5.41) is 0. The van der Waals surface area contributed by atoms with Crippen molar-refractivity contribution in [1.82, 2.24) is 14.5 Å². The second-order valence-corrected chi connectivity index (χ2v) is 7.65. The van der Waals surface area contributed by atoms with E-state index in [0.717, 1.165) is 54.7 Å². The molecule has 140 valence electrons. The molecule has 0 spiro atoms. The van der Waals surface area contributed by atoms with Gasteiger partial charge in [-0.05, 0) is 36.1 Å². The Kier molecular flexibility index (Phi) is 3.90. The van der Waals surface area contributed by atoms with Crippen LogP contribution >= 0.6 is 0 Å². The first-order chi connectivity index (χ1) is 13.1. The monoisotopic (exact) mass is 369 g/mol. The summed E-state index contributed by atoms with van der Waals surface area (Å²) in [5.41, 5.74) is 2.18. The summed E-state index contributed by atoms with van der Waals surface area (Å²) in [5.74, 6) is 1.70. The molecular formula is C21H21F2N3O. The molecule has 1 saturated carbocycles. The maximum atomic E-state index is 13.7. The van der Waals surface area contributed by atoms with Gasteiger partial charge in [0.1, 0.15) is 11.6 Å². The standard InChI is InChI=1S/C21H21F2N3O/c1-25-19-5-3-2-4-18(19)24-21(25)11-26-9-14-15(10-26)16(14)12-27-20-8-13(22)6-7-17(20)23/h2-8,14-16H,9-12H2,1H3/t14-,15+,16?. The Balaban J connectivity index is 1.17. The molecule has 1 saturated heterocycles. The minimum absolute atomic E-state index is 0.0107. The Morgan fingerprint density at radius 3 is 2.67 bits per heavy atom. The normalized spacial score (nSPS) is 24.3. The predicted molar refractivity (Wildman–Crippen MR) is 98.3 cm³/mol. The lowest BCUT2D eigenvalue weighted by Gasteiger charge is -2.19. The number of para-hydroxylation sites is 2. The van der Waals surface area contributed by atoms with Crippen LogP contribution in [0.5, 0.6) is 5.75 Å². The molecule has 2 aliphatic rings. The van der Waals surface area contributed by atoms with Crippen molar-refractivity contribution in [3.05, 3.63) is 59.9 Å². The molecule has 3 atom stereocenters. The molecular weight excluding hydrogens is 348 g/mol. The highest BCUT2D eigenvalue weighted by Crippen LogP contribution is 2.52. The summed E-state index contributed by atoms with van der Waals surface area (Å²) in [6.07, 6.45) is 0. The number of benzene rings is 2. The number of hydrogen-bond acceptors (Lipinski definition) is 3. The van der Waals surface area contributed by atoms with Crippen molar-refractivity contribution >= 4 is 11.0 Å². The zero-order valence-electron chi connectivity index (χ0n) is 15.1. The fourth-order valence-corrected chi connectivity index (χ4v) is 4.42. The molecule has 1 aliphatic heterocycles. The van der Waals surface area contributed by atoms with E-state index in [-0.39, 0.29) is 5.75 Å². The molecule has 0 amide bonds. The number of likely N-dealkylation sites (tertiary alicyclic amines) is 1. The van der Waals surface area contributed by atoms with E-state index in [1.54, 1.807) is 0 Å². The van der Waals surface area contributed by atoms with Crippen molar-refractivity contribution in [1.29, 1.82) is 0 Å².